The van der Waals surface area contributed by atoms with Crippen LogP contribution in [0.4, 0.5) is 0 Å². The van der Waals surface area contributed by atoms with Gasteiger partial charge in [0.1, 0.15) is 0 Å². The van der Waals surface area contributed by atoms with Crippen molar-refractivity contribution in [3.63, 3.8) is 0 Å². The molecular weight excluding hydrogens is 194 g/mol. The van der Waals surface area contributed by atoms with E-state index in [1.807, 2.05) is 39.0 Å². The van der Waals surface area contributed by atoms with Crippen LogP contribution in [0.1, 0.15) is 26.5 Å². The van der Waals surface area contributed by atoms with Gasteiger partial charge in [-0.1, -0.05) is 6.07 Å². The molecule has 0 amide bonds. The van der Waals surface area contributed by atoms with Crippen LogP contribution in [-0.2, 0) is 10.8 Å². The maximum absolute atomic E-state index is 11.6. The van der Waals surface area contributed by atoms with Crippen LogP contribution < -0.4 is 0 Å². The highest BCUT2D eigenvalue weighted by Gasteiger charge is 2.16. The van der Waals surface area contributed by atoms with Crippen molar-refractivity contribution in [3.8, 4) is 0 Å². The molecule has 14 heavy (non-hydrogen) atoms. The molecule has 1 aromatic rings. The highest BCUT2D eigenvalue weighted by atomic mass is 32.2. The van der Waals surface area contributed by atoms with E-state index in [1.54, 1.807) is 17.7 Å². The quantitative estimate of drug-likeness (QED) is 0.749. The maximum atomic E-state index is 11.6. The van der Waals surface area contributed by atoms with Crippen molar-refractivity contribution in [1.29, 1.82) is 0 Å². The molecule has 0 bridgehead atoms. The molecular formula is C11H15NOS. The Hall–Kier alpha value is -0.960. The van der Waals surface area contributed by atoms with Crippen LogP contribution in [-0.4, -0.2) is 13.9 Å². The zero-order chi connectivity index (χ0) is 10.6. The summed E-state index contributed by atoms with van der Waals surface area (Å²) in [6.07, 6.45) is 3.51. The van der Waals surface area contributed by atoms with E-state index in [0.717, 1.165) is 5.69 Å². The molecule has 0 aliphatic carbocycles. The lowest BCUT2D eigenvalue weighted by molar-refractivity contribution is 0.656. The third-order valence-electron chi connectivity index (χ3n) is 1.65. The van der Waals surface area contributed by atoms with E-state index in [4.69, 9.17) is 0 Å². The number of nitrogens with zero attached hydrogens (tertiary/aromatic N) is 1. The molecule has 0 saturated heterocycles. The minimum Gasteiger partial charge on any atom is -0.257 e. The Kier molecular flexibility index (Phi) is 3.58. The van der Waals surface area contributed by atoms with Gasteiger partial charge in [-0.3, -0.25) is 9.19 Å². The molecule has 0 N–H and O–H groups in total. The van der Waals surface area contributed by atoms with Crippen LogP contribution in [0.15, 0.2) is 29.8 Å². The molecule has 1 atom stereocenters. The molecule has 0 radical (unpaired) electrons. The zero-order valence-corrected chi connectivity index (χ0v) is 9.54. The Labute approximate surface area is 87.5 Å². The van der Waals surface area contributed by atoms with Gasteiger partial charge in [0, 0.05) is 16.4 Å². The van der Waals surface area contributed by atoms with Gasteiger partial charge < -0.3 is 0 Å². The van der Waals surface area contributed by atoms with Gasteiger partial charge in [0.2, 0.25) is 0 Å². The summed E-state index contributed by atoms with van der Waals surface area (Å²) in [6.45, 7) is 5.85. The predicted octanol–water partition coefficient (Wildman–Crippen LogP) is 2.60. The lowest BCUT2D eigenvalue weighted by atomic mass is 10.3. The number of aromatic nitrogens is 1. The van der Waals surface area contributed by atoms with Crippen molar-refractivity contribution in [3.05, 3.63) is 35.5 Å². The first-order valence-electron chi connectivity index (χ1n) is 4.50. The standard InChI is InChI=1S/C11H15NOS/c1-11(2,3)14(13)9-7-10-6-4-5-8-12-10/h4-9H,1-3H3/b9-7+. The predicted molar refractivity (Wildman–Crippen MR) is 61.2 cm³/mol. The minimum atomic E-state index is -0.958. The molecule has 1 heterocycles. The monoisotopic (exact) mass is 209 g/mol. The largest absolute Gasteiger partial charge is 0.257 e. The molecule has 0 spiro atoms. The van der Waals surface area contributed by atoms with Crippen molar-refractivity contribution in [1.82, 2.24) is 4.98 Å². The number of hydrogen-bond donors (Lipinski definition) is 0. The van der Waals surface area contributed by atoms with Gasteiger partial charge in [0.05, 0.1) is 16.5 Å². The molecule has 1 unspecified atom stereocenters. The summed E-state index contributed by atoms with van der Waals surface area (Å²) >= 11 is 0. The first-order chi connectivity index (χ1) is 6.50. The van der Waals surface area contributed by atoms with Crippen molar-refractivity contribution < 1.29 is 4.21 Å². The molecule has 2 nitrogen and oxygen atoms in total. The fraction of sp³-hybridized carbons (Fsp3) is 0.364. The van der Waals surface area contributed by atoms with Crippen LogP contribution >= 0.6 is 0 Å². The molecule has 1 aromatic heterocycles. The maximum Gasteiger partial charge on any atom is 0.0635 e. The van der Waals surface area contributed by atoms with Crippen molar-refractivity contribution in [2.24, 2.45) is 0 Å². The third kappa shape index (κ3) is 3.42. The number of pyridine rings is 1. The van der Waals surface area contributed by atoms with E-state index in [9.17, 15) is 4.21 Å². The SMILES string of the molecule is CC(C)(C)S(=O)/C=C/c1ccccn1. The van der Waals surface area contributed by atoms with E-state index in [0.29, 0.717) is 0 Å². The van der Waals surface area contributed by atoms with Gasteiger partial charge in [-0.15, -0.1) is 0 Å². The molecule has 0 saturated carbocycles. The van der Waals surface area contributed by atoms with Gasteiger partial charge in [0.15, 0.2) is 0 Å². The van der Waals surface area contributed by atoms with E-state index in [2.05, 4.69) is 4.98 Å². The third-order valence-corrected chi connectivity index (χ3v) is 3.24. The van der Waals surface area contributed by atoms with Crippen molar-refractivity contribution in [2.45, 2.75) is 25.5 Å². The summed E-state index contributed by atoms with van der Waals surface area (Å²) in [4.78, 5) is 4.11. The molecule has 76 valence electrons. The average molecular weight is 209 g/mol. The zero-order valence-electron chi connectivity index (χ0n) is 8.73. The normalized spacial score (nSPS) is 14.5. The lowest BCUT2D eigenvalue weighted by Gasteiger charge is -2.13. The number of rotatable bonds is 2. The van der Waals surface area contributed by atoms with Crippen LogP contribution in [0.25, 0.3) is 6.08 Å². The van der Waals surface area contributed by atoms with Crippen LogP contribution in [0.2, 0.25) is 0 Å². The first-order valence-corrected chi connectivity index (χ1v) is 5.71. The van der Waals surface area contributed by atoms with Gasteiger partial charge in [-0.05, 0) is 39.0 Å². The molecule has 0 aliphatic heterocycles. The van der Waals surface area contributed by atoms with E-state index in [1.165, 1.54) is 0 Å². The molecule has 1 rings (SSSR count). The van der Waals surface area contributed by atoms with Gasteiger partial charge in [-0.2, -0.15) is 0 Å². The van der Waals surface area contributed by atoms with Gasteiger partial charge >= 0.3 is 0 Å². The fourth-order valence-corrected chi connectivity index (χ4v) is 1.48. The lowest BCUT2D eigenvalue weighted by Crippen LogP contribution is -2.19. The second kappa shape index (κ2) is 4.51. The molecule has 0 aliphatic rings. The second-order valence-electron chi connectivity index (χ2n) is 3.97. The van der Waals surface area contributed by atoms with Crippen molar-refractivity contribution >= 4 is 16.9 Å². The summed E-state index contributed by atoms with van der Waals surface area (Å²) in [6, 6.07) is 5.65. The Bertz CT molecular complexity index is 338. The number of hydrogen-bond acceptors (Lipinski definition) is 2. The summed E-state index contributed by atoms with van der Waals surface area (Å²) in [5.74, 6) is 0. The highest BCUT2D eigenvalue weighted by Crippen LogP contribution is 2.13. The van der Waals surface area contributed by atoms with E-state index in [-0.39, 0.29) is 4.75 Å². The smallest absolute Gasteiger partial charge is 0.0635 e. The minimum absolute atomic E-state index is 0.203. The fourth-order valence-electron chi connectivity index (χ4n) is 0.810. The summed E-state index contributed by atoms with van der Waals surface area (Å²) in [7, 11) is -0.958. The van der Waals surface area contributed by atoms with Crippen LogP contribution in [0.5, 0.6) is 0 Å². The Morgan fingerprint density at radius 3 is 2.57 bits per heavy atom. The molecule has 0 fully saturated rings. The second-order valence-corrected chi connectivity index (χ2v) is 6.06. The average Bonchev–Trinajstić information content (AvgIpc) is 2.14. The van der Waals surface area contributed by atoms with Crippen LogP contribution in [0, 0.1) is 0 Å². The first kappa shape index (κ1) is 11.1. The van der Waals surface area contributed by atoms with E-state index < -0.39 is 10.8 Å². The summed E-state index contributed by atoms with van der Waals surface area (Å²) in [5, 5.41) is 1.70. The Morgan fingerprint density at radius 2 is 2.07 bits per heavy atom. The molecule has 3 heteroatoms. The molecule has 0 aromatic carbocycles. The summed E-state index contributed by atoms with van der Waals surface area (Å²) in [5.41, 5.74) is 0.838. The van der Waals surface area contributed by atoms with Crippen LogP contribution in [0.3, 0.4) is 0 Å². The summed E-state index contributed by atoms with van der Waals surface area (Å²) < 4.78 is 11.4. The highest BCUT2D eigenvalue weighted by molar-refractivity contribution is 7.89. The topological polar surface area (TPSA) is 30.0 Å². The Morgan fingerprint density at radius 1 is 1.36 bits per heavy atom. The Balaban J connectivity index is 2.71. The van der Waals surface area contributed by atoms with Crippen molar-refractivity contribution in [2.75, 3.05) is 0 Å². The van der Waals surface area contributed by atoms with Gasteiger partial charge in [0.25, 0.3) is 0 Å². The van der Waals surface area contributed by atoms with E-state index >= 15 is 0 Å². The van der Waals surface area contributed by atoms with Gasteiger partial charge in [-0.25, -0.2) is 0 Å².